The average Bonchev–Trinajstić information content (AvgIpc) is 2.00. The van der Waals surface area contributed by atoms with Gasteiger partial charge in [0.2, 0.25) is 0 Å². The summed E-state index contributed by atoms with van der Waals surface area (Å²) in [4.78, 5) is 0. The number of thioether (sulfide) groups is 1. The molecule has 72 valence electrons. The van der Waals surface area contributed by atoms with Crippen LogP contribution in [0.25, 0.3) is 0 Å². The summed E-state index contributed by atoms with van der Waals surface area (Å²) in [6.45, 7) is 6.70. The topological polar surface area (TPSA) is 0 Å². The summed E-state index contributed by atoms with van der Waals surface area (Å²) in [5.41, 5.74) is 1.45. The third kappa shape index (κ3) is 8.19. The molecule has 0 fully saturated rings. The highest BCUT2D eigenvalue weighted by molar-refractivity contribution is 7.98. The minimum absolute atomic E-state index is 0.896. The van der Waals surface area contributed by atoms with E-state index in [0.29, 0.717) is 0 Å². The number of hydrogen-bond donors (Lipinski definition) is 0. The van der Waals surface area contributed by atoms with Crippen LogP contribution >= 0.6 is 11.8 Å². The van der Waals surface area contributed by atoms with Crippen LogP contribution in [0.1, 0.15) is 40.0 Å². The van der Waals surface area contributed by atoms with Crippen LogP contribution < -0.4 is 0 Å². The van der Waals surface area contributed by atoms with E-state index in [1.165, 1.54) is 30.6 Å². The summed E-state index contributed by atoms with van der Waals surface area (Å²) >= 11 is 1.95. The lowest BCUT2D eigenvalue weighted by molar-refractivity contribution is 0.525. The molecule has 0 saturated heterocycles. The molecule has 0 aromatic carbocycles. The van der Waals surface area contributed by atoms with E-state index in [2.05, 4.69) is 33.1 Å². The summed E-state index contributed by atoms with van der Waals surface area (Å²) < 4.78 is 0. The smallest absolute Gasteiger partial charge is 0.00678 e. The molecule has 1 unspecified atom stereocenters. The Bertz CT molecular complexity index is 123. The van der Waals surface area contributed by atoms with Crippen molar-refractivity contribution in [1.29, 1.82) is 0 Å². The van der Waals surface area contributed by atoms with Crippen molar-refractivity contribution in [3.05, 3.63) is 11.6 Å². The molecule has 0 bridgehead atoms. The Balaban J connectivity index is 3.31. The lowest BCUT2D eigenvalue weighted by Gasteiger charge is -2.07. The molecule has 0 aliphatic heterocycles. The number of allylic oxidation sites excluding steroid dienone is 2. The maximum Gasteiger partial charge on any atom is -0.00678 e. The lowest BCUT2D eigenvalue weighted by atomic mass is 10.0. The van der Waals surface area contributed by atoms with Gasteiger partial charge in [-0.3, -0.25) is 0 Å². The highest BCUT2D eigenvalue weighted by atomic mass is 32.2. The third-order valence-corrected chi connectivity index (χ3v) is 2.67. The monoisotopic (exact) mass is 186 g/mol. The molecule has 0 aliphatic carbocycles. The largest absolute Gasteiger partial charge is 0.165 e. The predicted octanol–water partition coefficient (Wildman–Crippen LogP) is 4.12. The van der Waals surface area contributed by atoms with Crippen LogP contribution in [0.3, 0.4) is 0 Å². The van der Waals surface area contributed by atoms with Crippen LogP contribution in [0, 0.1) is 5.92 Å². The van der Waals surface area contributed by atoms with Crippen molar-refractivity contribution >= 4 is 11.8 Å². The molecular formula is C11H22S. The van der Waals surface area contributed by atoms with Crippen molar-refractivity contribution in [2.24, 2.45) is 5.92 Å². The van der Waals surface area contributed by atoms with E-state index in [4.69, 9.17) is 0 Å². The Morgan fingerprint density at radius 1 is 1.33 bits per heavy atom. The molecule has 0 aliphatic rings. The summed E-state index contributed by atoms with van der Waals surface area (Å²) in [6.07, 6.45) is 8.51. The fourth-order valence-electron chi connectivity index (χ4n) is 1.12. The zero-order chi connectivity index (χ0) is 9.40. The molecule has 0 radical (unpaired) electrons. The zero-order valence-corrected chi connectivity index (χ0v) is 9.71. The van der Waals surface area contributed by atoms with E-state index in [1.807, 2.05) is 11.8 Å². The van der Waals surface area contributed by atoms with E-state index in [1.54, 1.807) is 0 Å². The van der Waals surface area contributed by atoms with Crippen LogP contribution in [-0.2, 0) is 0 Å². The summed E-state index contributed by atoms with van der Waals surface area (Å²) in [6, 6.07) is 0. The van der Waals surface area contributed by atoms with Crippen LogP contribution in [-0.4, -0.2) is 12.0 Å². The molecule has 0 rings (SSSR count). The van der Waals surface area contributed by atoms with Crippen LogP contribution in [0.5, 0.6) is 0 Å². The first kappa shape index (κ1) is 12.1. The van der Waals surface area contributed by atoms with Gasteiger partial charge in [-0.25, -0.2) is 0 Å². The zero-order valence-electron chi connectivity index (χ0n) is 8.89. The maximum absolute atomic E-state index is 2.36. The van der Waals surface area contributed by atoms with Crippen molar-refractivity contribution < 1.29 is 0 Å². The highest BCUT2D eigenvalue weighted by Gasteiger charge is 1.99. The lowest BCUT2D eigenvalue weighted by Crippen LogP contribution is -1.95. The van der Waals surface area contributed by atoms with Gasteiger partial charge in [0.25, 0.3) is 0 Å². The molecule has 1 heteroatoms. The molecule has 0 spiro atoms. The van der Waals surface area contributed by atoms with E-state index >= 15 is 0 Å². The molecular weight excluding hydrogens is 164 g/mol. The molecule has 0 N–H and O–H groups in total. The molecule has 0 aromatic rings. The molecule has 12 heavy (non-hydrogen) atoms. The van der Waals surface area contributed by atoms with Gasteiger partial charge < -0.3 is 0 Å². The fourth-order valence-corrected chi connectivity index (χ4v) is 1.76. The van der Waals surface area contributed by atoms with Crippen molar-refractivity contribution in [2.75, 3.05) is 12.0 Å². The fraction of sp³-hybridized carbons (Fsp3) is 0.818. The number of hydrogen-bond acceptors (Lipinski definition) is 1. The molecule has 0 amide bonds. The average molecular weight is 186 g/mol. The van der Waals surface area contributed by atoms with Crippen molar-refractivity contribution in [1.82, 2.24) is 0 Å². The van der Waals surface area contributed by atoms with Gasteiger partial charge in [0.1, 0.15) is 0 Å². The van der Waals surface area contributed by atoms with E-state index in [0.717, 1.165) is 5.92 Å². The standard InChI is InChI=1S/C11H22S/c1-10(2)6-5-7-11(3)8-9-12-4/h6,11H,5,7-9H2,1-4H3. The summed E-state index contributed by atoms with van der Waals surface area (Å²) in [5.74, 6) is 2.21. The number of rotatable bonds is 6. The minimum atomic E-state index is 0.896. The second-order valence-electron chi connectivity index (χ2n) is 3.75. The van der Waals surface area contributed by atoms with E-state index in [9.17, 15) is 0 Å². The maximum atomic E-state index is 2.36. The second kappa shape index (κ2) is 7.72. The summed E-state index contributed by atoms with van der Waals surface area (Å²) in [5, 5.41) is 0. The van der Waals surface area contributed by atoms with Gasteiger partial charge in [0.15, 0.2) is 0 Å². The second-order valence-corrected chi connectivity index (χ2v) is 4.73. The van der Waals surface area contributed by atoms with Crippen molar-refractivity contribution in [2.45, 2.75) is 40.0 Å². The minimum Gasteiger partial charge on any atom is -0.165 e. The Morgan fingerprint density at radius 2 is 2.00 bits per heavy atom. The normalized spacial score (nSPS) is 12.7. The predicted molar refractivity (Wildman–Crippen MR) is 60.8 cm³/mol. The Morgan fingerprint density at radius 3 is 2.50 bits per heavy atom. The van der Waals surface area contributed by atoms with Crippen molar-refractivity contribution in [3.63, 3.8) is 0 Å². The molecule has 1 atom stereocenters. The van der Waals surface area contributed by atoms with Crippen LogP contribution in [0.2, 0.25) is 0 Å². The molecule has 0 aromatic heterocycles. The summed E-state index contributed by atoms with van der Waals surface area (Å²) in [7, 11) is 0. The van der Waals surface area contributed by atoms with Gasteiger partial charge >= 0.3 is 0 Å². The first-order valence-electron chi connectivity index (χ1n) is 4.79. The van der Waals surface area contributed by atoms with E-state index < -0.39 is 0 Å². The van der Waals surface area contributed by atoms with Gasteiger partial charge in [0, 0.05) is 0 Å². The Hall–Kier alpha value is 0.0900. The quantitative estimate of drug-likeness (QED) is 0.562. The van der Waals surface area contributed by atoms with E-state index in [-0.39, 0.29) is 0 Å². The van der Waals surface area contributed by atoms with Crippen LogP contribution in [0.15, 0.2) is 11.6 Å². The van der Waals surface area contributed by atoms with Crippen molar-refractivity contribution in [3.8, 4) is 0 Å². The van der Waals surface area contributed by atoms with Gasteiger partial charge in [-0.1, -0.05) is 18.6 Å². The SMILES string of the molecule is CSCCC(C)CCC=C(C)C. The van der Waals surface area contributed by atoms with Gasteiger partial charge in [-0.2, -0.15) is 11.8 Å². The molecule has 0 nitrogen and oxygen atoms in total. The van der Waals surface area contributed by atoms with Crippen LogP contribution in [0.4, 0.5) is 0 Å². The van der Waals surface area contributed by atoms with Gasteiger partial charge in [-0.15, -0.1) is 0 Å². The molecule has 0 saturated carbocycles. The first-order chi connectivity index (χ1) is 5.66. The Kier molecular flexibility index (Phi) is 7.78. The highest BCUT2D eigenvalue weighted by Crippen LogP contribution is 2.13. The molecule has 0 heterocycles. The first-order valence-corrected chi connectivity index (χ1v) is 6.18. The third-order valence-electron chi connectivity index (χ3n) is 2.03. The van der Waals surface area contributed by atoms with Gasteiger partial charge in [-0.05, 0) is 51.0 Å². The van der Waals surface area contributed by atoms with Gasteiger partial charge in [0.05, 0.1) is 0 Å². The Labute approximate surface area is 81.8 Å².